The third-order valence-corrected chi connectivity index (χ3v) is 1.81. The predicted octanol–water partition coefficient (Wildman–Crippen LogP) is 1.60. The summed E-state index contributed by atoms with van der Waals surface area (Å²) in [7, 11) is 0. The Balaban J connectivity index is 2.41. The van der Waals surface area contributed by atoms with E-state index >= 15 is 0 Å². The van der Waals surface area contributed by atoms with E-state index in [2.05, 4.69) is 11.1 Å². The molecule has 46 valence electrons. The highest BCUT2D eigenvalue weighted by Gasteiger charge is 1.90. The highest BCUT2D eigenvalue weighted by Crippen LogP contribution is 2.06. The molecule has 0 aliphatic heterocycles. The normalized spacial score (nSPS) is 8.78. The highest BCUT2D eigenvalue weighted by molar-refractivity contribution is 7.09. The Kier molecular flexibility index (Phi) is 2.22. The van der Waals surface area contributed by atoms with Gasteiger partial charge in [-0.25, -0.2) is 0 Å². The maximum Gasteiger partial charge on any atom is 0.0794 e. The molecule has 0 amide bonds. The average molecular weight is 138 g/mol. The van der Waals surface area contributed by atoms with Crippen LogP contribution >= 0.6 is 11.3 Å². The van der Waals surface area contributed by atoms with Gasteiger partial charge in [0.1, 0.15) is 0 Å². The van der Waals surface area contributed by atoms with Crippen molar-refractivity contribution < 1.29 is 0 Å². The van der Waals surface area contributed by atoms with Crippen LogP contribution in [0, 0.1) is 11.3 Å². The van der Waals surface area contributed by atoms with E-state index in [1.807, 2.05) is 6.20 Å². The second-order valence-electron chi connectivity index (χ2n) is 1.63. The van der Waals surface area contributed by atoms with Gasteiger partial charge in [-0.1, -0.05) is 0 Å². The van der Waals surface area contributed by atoms with Crippen molar-refractivity contribution in [3.63, 3.8) is 0 Å². The molecule has 0 radical (unpaired) electrons. The molecule has 1 aromatic rings. The second-order valence-corrected chi connectivity index (χ2v) is 2.60. The van der Waals surface area contributed by atoms with E-state index in [9.17, 15) is 0 Å². The molecule has 3 heteroatoms. The first-order valence-electron chi connectivity index (χ1n) is 2.68. The van der Waals surface area contributed by atoms with Crippen molar-refractivity contribution >= 4 is 11.3 Å². The SMILES string of the molecule is N#CCCc1cncs1. The minimum absolute atomic E-state index is 0.599. The topological polar surface area (TPSA) is 36.7 Å². The first kappa shape index (κ1) is 6.24. The minimum atomic E-state index is 0.599. The zero-order chi connectivity index (χ0) is 6.53. The third-order valence-electron chi connectivity index (χ3n) is 0.967. The summed E-state index contributed by atoms with van der Waals surface area (Å²) in [4.78, 5) is 5.08. The van der Waals surface area contributed by atoms with Crippen LogP contribution in [0.15, 0.2) is 11.7 Å². The fourth-order valence-electron chi connectivity index (χ4n) is 0.545. The molecule has 0 saturated heterocycles. The largest absolute Gasteiger partial charge is 0.253 e. The van der Waals surface area contributed by atoms with Crippen LogP contribution in [-0.2, 0) is 6.42 Å². The summed E-state index contributed by atoms with van der Waals surface area (Å²) in [6.07, 6.45) is 3.26. The van der Waals surface area contributed by atoms with Gasteiger partial charge in [-0.2, -0.15) is 5.26 Å². The summed E-state index contributed by atoms with van der Waals surface area (Å²) < 4.78 is 0. The zero-order valence-electron chi connectivity index (χ0n) is 4.87. The maximum atomic E-state index is 8.20. The van der Waals surface area contributed by atoms with Crippen molar-refractivity contribution in [1.82, 2.24) is 4.98 Å². The van der Waals surface area contributed by atoms with Crippen molar-refractivity contribution in [2.24, 2.45) is 0 Å². The van der Waals surface area contributed by atoms with Gasteiger partial charge in [0.2, 0.25) is 0 Å². The van der Waals surface area contributed by atoms with E-state index in [4.69, 9.17) is 5.26 Å². The van der Waals surface area contributed by atoms with Crippen LogP contribution in [0.5, 0.6) is 0 Å². The van der Waals surface area contributed by atoms with E-state index < -0.39 is 0 Å². The minimum Gasteiger partial charge on any atom is -0.253 e. The lowest BCUT2D eigenvalue weighted by molar-refractivity contribution is 1.03. The predicted molar refractivity (Wildman–Crippen MR) is 36.0 cm³/mol. The smallest absolute Gasteiger partial charge is 0.0794 e. The first-order chi connectivity index (χ1) is 4.43. The summed E-state index contributed by atoms with van der Waals surface area (Å²) in [5, 5.41) is 8.20. The lowest BCUT2D eigenvalue weighted by Crippen LogP contribution is -1.74. The average Bonchev–Trinajstić information content (AvgIpc) is 2.34. The molecule has 0 aromatic carbocycles. The summed E-state index contributed by atoms with van der Waals surface area (Å²) in [5.41, 5.74) is 1.78. The van der Waals surface area contributed by atoms with Gasteiger partial charge in [0.15, 0.2) is 0 Å². The summed E-state index contributed by atoms with van der Waals surface area (Å²) in [6, 6.07) is 2.08. The molecule has 0 N–H and O–H groups in total. The Bertz CT molecular complexity index is 197. The zero-order valence-corrected chi connectivity index (χ0v) is 5.69. The molecule has 0 saturated carbocycles. The number of aryl methyl sites for hydroxylation is 1. The fraction of sp³-hybridized carbons (Fsp3) is 0.333. The van der Waals surface area contributed by atoms with E-state index in [0.29, 0.717) is 6.42 Å². The second kappa shape index (κ2) is 3.21. The van der Waals surface area contributed by atoms with Crippen LogP contribution < -0.4 is 0 Å². The first-order valence-corrected chi connectivity index (χ1v) is 3.56. The van der Waals surface area contributed by atoms with Crippen LogP contribution in [0.25, 0.3) is 0 Å². The molecule has 0 bridgehead atoms. The molecular weight excluding hydrogens is 132 g/mol. The van der Waals surface area contributed by atoms with Crippen LogP contribution in [0.3, 0.4) is 0 Å². The molecule has 0 aliphatic rings. The van der Waals surface area contributed by atoms with Gasteiger partial charge in [-0.3, -0.25) is 4.98 Å². The van der Waals surface area contributed by atoms with E-state index in [1.165, 1.54) is 4.88 Å². The van der Waals surface area contributed by atoms with Crippen molar-refractivity contribution in [3.8, 4) is 6.07 Å². The van der Waals surface area contributed by atoms with Crippen molar-refractivity contribution in [2.75, 3.05) is 0 Å². The number of thiazole rings is 1. The van der Waals surface area contributed by atoms with Gasteiger partial charge >= 0.3 is 0 Å². The third kappa shape index (κ3) is 1.82. The number of aromatic nitrogens is 1. The van der Waals surface area contributed by atoms with Crippen LogP contribution in [0.1, 0.15) is 11.3 Å². The number of nitrogens with zero attached hydrogens (tertiary/aromatic N) is 2. The summed E-state index contributed by atoms with van der Waals surface area (Å²) in [5.74, 6) is 0. The molecule has 0 unspecified atom stereocenters. The molecule has 0 fully saturated rings. The molecule has 1 aromatic heterocycles. The van der Waals surface area contributed by atoms with Crippen LogP contribution in [0.2, 0.25) is 0 Å². The molecule has 0 atom stereocenters. The number of hydrogen-bond acceptors (Lipinski definition) is 3. The standard InChI is InChI=1S/C6H6N2S/c7-3-1-2-6-4-8-5-9-6/h4-5H,1-2H2. The molecular formula is C6H6N2S. The van der Waals surface area contributed by atoms with Gasteiger partial charge in [0.05, 0.1) is 11.6 Å². The van der Waals surface area contributed by atoms with Crippen molar-refractivity contribution in [3.05, 3.63) is 16.6 Å². The molecule has 1 heterocycles. The van der Waals surface area contributed by atoms with E-state index in [0.717, 1.165) is 6.42 Å². The van der Waals surface area contributed by atoms with Crippen molar-refractivity contribution in [1.29, 1.82) is 5.26 Å². The number of rotatable bonds is 2. The van der Waals surface area contributed by atoms with Crippen LogP contribution in [-0.4, -0.2) is 4.98 Å². The Labute approximate surface area is 57.8 Å². The Morgan fingerprint density at radius 2 is 2.67 bits per heavy atom. The fourth-order valence-corrected chi connectivity index (χ4v) is 1.14. The monoisotopic (exact) mass is 138 g/mol. The molecule has 2 nitrogen and oxygen atoms in total. The molecule has 0 spiro atoms. The lowest BCUT2D eigenvalue weighted by atomic mass is 10.3. The molecule has 9 heavy (non-hydrogen) atoms. The Morgan fingerprint density at radius 1 is 1.78 bits per heavy atom. The molecule has 0 aliphatic carbocycles. The lowest BCUT2D eigenvalue weighted by Gasteiger charge is -1.82. The highest BCUT2D eigenvalue weighted by atomic mass is 32.1. The Hall–Kier alpha value is -0.880. The quantitative estimate of drug-likeness (QED) is 0.622. The van der Waals surface area contributed by atoms with Gasteiger partial charge in [-0.15, -0.1) is 11.3 Å². The summed E-state index contributed by atoms with van der Waals surface area (Å²) in [6.45, 7) is 0. The van der Waals surface area contributed by atoms with E-state index in [1.54, 1.807) is 16.8 Å². The van der Waals surface area contributed by atoms with Gasteiger partial charge in [0, 0.05) is 17.5 Å². The number of hydrogen-bond donors (Lipinski definition) is 0. The maximum absolute atomic E-state index is 8.20. The van der Waals surface area contributed by atoms with Crippen LogP contribution in [0.4, 0.5) is 0 Å². The van der Waals surface area contributed by atoms with Gasteiger partial charge in [0.25, 0.3) is 0 Å². The molecule has 1 rings (SSSR count). The van der Waals surface area contributed by atoms with Gasteiger partial charge < -0.3 is 0 Å². The number of nitriles is 1. The summed E-state index contributed by atoms with van der Waals surface area (Å²) >= 11 is 1.60. The Morgan fingerprint density at radius 3 is 3.22 bits per heavy atom. The van der Waals surface area contributed by atoms with Crippen molar-refractivity contribution in [2.45, 2.75) is 12.8 Å². The van der Waals surface area contributed by atoms with E-state index in [-0.39, 0.29) is 0 Å². The van der Waals surface area contributed by atoms with Gasteiger partial charge in [-0.05, 0) is 6.42 Å².